The zero-order valence-corrected chi connectivity index (χ0v) is 8.81. The lowest BCUT2D eigenvalue weighted by atomic mass is 10.1. The molecule has 0 radical (unpaired) electrons. The maximum absolute atomic E-state index is 11.8. The molecule has 3 rings (SSSR count). The van der Waals surface area contributed by atoms with E-state index in [-0.39, 0.29) is 5.91 Å². The number of hydrogen-bond acceptors (Lipinski definition) is 2. The van der Waals surface area contributed by atoms with Gasteiger partial charge in [-0.25, -0.2) is 0 Å². The summed E-state index contributed by atoms with van der Waals surface area (Å²) in [7, 11) is 0. The van der Waals surface area contributed by atoms with Gasteiger partial charge in [-0.1, -0.05) is 18.2 Å². The third-order valence-corrected chi connectivity index (χ3v) is 2.77. The van der Waals surface area contributed by atoms with Gasteiger partial charge in [0, 0.05) is 17.6 Å². The van der Waals surface area contributed by atoms with E-state index in [0.29, 0.717) is 11.6 Å². The molecule has 0 bridgehead atoms. The van der Waals surface area contributed by atoms with E-state index in [1.54, 1.807) is 6.20 Å². The number of fused-ring (bicyclic) bond motifs is 1. The van der Waals surface area contributed by atoms with Crippen LogP contribution < -0.4 is 5.32 Å². The quantitative estimate of drug-likeness (QED) is 0.828. The summed E-state index contributed by atoms with van der Waals surface area (Å²) in [4.78, 5) is 16.1. The molecule has 1 aliphatic carbocycles. The Balaban J connectivity index is 1.94. The summed E-state index contributed by atoms with van der Waals surface area (Å²) in [6, 6.07) is 10.1. The summed E-state index contributed by atoms with van der Waals surface area (Å²) in [5.41, 5.74) is 1.57. The largest absolute Gasteiger partial charge is 0.349 e. The van der Waals surface area contributed by atoms with Gasteiger partial charge in [-0.05, 0) is 25.0 Å². The number of benzene rings is 1. The van der Waals surface area contributed by atoms with Crippen molar-refractivity contribution in [2.75, 3.05) is 0 Å². The van der Waals surface area contributed by atoms with Crippen LogP contribution in [0, 0.1) is 0 Å². The number of carbonyl (C=O) groups excluding carboxylic acids is 1. The standard InChI is InChI=1S/C13H12N2O/c16-13(15-11-5-6-11)10-7-9-3-1-2-4-12(9)14-8-10/h1-4,7-8,11H,5-6H2,(H,15,16). The van der Waals surface area contributed by atoms with Crippen LogP contribution >= 0.6 is 0 Å². The lowest BCUT2D eigenvalue weighted by molar-refractivity contribution is 0.0951. The molecule has 1 aromatic heterocycles. The molecule has 1 amide bonds. The van der Waals surface area contributed by atoms with Crippen LogP contribution in [0.2, 0.25) is 0 Å². The molecule has 16 heavy (non-hydrogen) atoms. The Bertz CT molecular complexity index is 546. The highest BCUT2D eigenvalue weighted by atomic mass is 16.1. The van der Waals surface area contributed by atoms with Gasteiger partial charge in [0.05, 0.1) is 11.1 Å². The van der Waals surface area contributed by atoms with Gasteiger partial charge in [-0.15, -0.1) is 0 Å². The molecule has 80 valence electrons. The Kier molecular flexibility index (Phi) is 2.10. The van der Waals surface area contributed by atoms with Gasteiger partial charge in [0.25, 0.3) is 5.91 Å². The average molecular weight is 212 g/mol. The van der Waals surface area contributed by atoms with Crippen molar-refractivity contribution in [3.63, 3.8) is 0 Å². The number of nitrogens with zero attached hydrogens (tertiary/aromatic N) is 1. The average Bonchev–Trinajstić information content (AvgIpc) is 3.12. The fourth-order valence-electron chi connectivity index (χ4n) is 1.69. The third kappa shape index (κ3) is 1.76. The van der Waals surface area contributed by atoms with E-state index in [2.05, 4.69) is 10.3 Å². The molecule has 3 heteroatoms. The first-order valence-electron chi connectivity index (χ1n) is 5.48. The number of pyridine rings is 1. The van der Waals surface area contributed by atoms with Crippen molar-refractivity contribution >= 4 is 16.8 Å². The third-order valence-electron chi connectivity index (χ3n) is 2.77. The van der Waals surface area contributed by atoms with Crippen molar-refractivity contribution < 1.29 is 4.79 Å². The maximum atomic E-state index is 11.8. The summed E-state index contributed by atoms with van der Waals surface area (Å²) in [6.45, 7) is 0. The monoisotopic (exact) mass is 212 g/mol. The minimum atomic E-state index is -0.0132. The van der Waals surface area contributed by atoms with Crippen LogP contribution in [0.4, 0.5) is 0 Å². The molecule has 2 aromatic rings. The number of nitrogens with one attached hydrogen (secondary N) is 1. The van der Waals surface area contributed by atoms with Crippen LogP contribution in [0.5, 0.6) is 0 Å². The highest BCUT2D eigenvalue weighted by Gasteiger charge is 2.23. The molecule has 1 aromatic carbocycles. The summed E-state index contributed by atoms with van der Waals surface area (Å²) in [5, 5.41) is 3.96. The molecule has 0 atom stereocenters. The predicted octanol–water partition coefficient (Wildman–Crippen LogP) is 2.13. The minimum absolute atomic E-state index is 0.0132. The first kappa shape index (κ1) is 9.33. The normalized spacial score (nSPS) is 15.0. The van der Waals surface area contributed by atoms with Gasteiger partial charge in [0.15, 0.2) is 0 Å². The molecule has 0 aliphatic heterocycles. The van der Waals surface area contributed by atoms with E-state index in [9.17, 15) is 4.79 Å². The second-order valence-corrected chi connectivity index (χ2v) is 4.16. The van der Waals surface area contributed by atoms with Gasteiger partial charge >= 0.3 is 0 Å². The Labute approximate surface area is 93.5 Å². The zero-order chi connectivity index (χ0) is 11.0. The maximum Gasteiger partial charge on any atom is 0.253 e. The minimum Gasteiger partial charge on any atom is -0.349 e. The van der Waals surface area contributed by atoms with E-state index in [1.807, 2.05) is 30.3 Å². The molecule has 1 N–H and O–H groups in total. The molecule has 1 fully saturated rings. The zero-order valence-electron chi connectivity index (χ0n) is 8.81. The van der Waals surface area contributed by atoms with Crippen LogP contribution in [-0.4, -0.2) is 16.9 Å². The van der Waals surface area contributed by atoms with Crippen molar-refractivity contribution in [2.45, 2.75) is 18.9 Å². The van der Waals surface area contributed by atoms with Gasteiger partial charge in [-0.3, -0.25) is 9.78 Å². The lowest BCUT2D eigenvalue weighted by Crippen LogP contribution is -2.25. The van der Waals surface area contributed by atoms with E-state index in [4.69, 9.17) is 0 Å². The summed E-state index contributed by atoms with van der Waals surface area (Å²) in [6.07, 6.45) is 3.85. The molecular weight excluding hydrogens is 200 g/mol. The Hall–Kier alpha value is -1.90. The Morgan fingerprint density at radius 3 is 2.94 bits per heavy atom. The molecule has 0 saturated heterocycles. The van der Waals surface area contributed by atoms with Crippen molar-refractivity contribution in [2.24, 2.45) is 0 Å². The number of carbonyl (C=O) groups is 1. The van der Waals surface area contributed by atoms with Crippen molar-refractivity contribution in [1.82, 2.24) is 10.3 Å². The molecule has 0 unspecified atom stereocenters. The van der Waals surface area contributed by atoms with E-state index >= 15 is 0 Å². The highest BCUT2D eigenvalue weighted by Crippen LogP contribution is 2.20. The van der Waals surface area contributed by atoms with E-state index < -0.39 is 0 Å². The number of hydrogen-bond donors (Lipinski definition) is 1. The van der Waals surface area contributed by atoms with Crippen molar-refractivity contribution in [3.8, 4) is 0 Å². The summed E-state index contributed by atoms with van der Waals surface area (Å²) < 4.78 is 0. The highest BCUT2D eigenvalue weighted by molar-refractivity contribution is 5.97. The molecular formula is C13H12N2O. The number of amides is 1. The van der Waals surface area contributed by atoms with Gasteiger partial charge < -0.3 is 5.32 Å². The van der Waals surface area contributed by atoms with Crippen LogP contribution in [0.3, 0.4) is 0 Å². The second kappa shape index (κ2) is 3.59. The van der Waals surface area contributed by atoms with E-state index in [0.717, 1.165) is 23.7 Å². The van der Waals surface area contributed by atoms with Crippen LogP contribution in [0.1, 0.15) is 23.2 Å². The van der Waals surface area contributed by atoms with Crippen LogP contribution in [0.25, 0.3) is 10.9 Å². The molecule has 1 aliphatic rings. The molecule has 0 spiro atoms. The van der Waals surface area contributed by atoms with Gasteiger partial charge in [0.1, 0.15) is 0 Å². The number of aromatic nitrogens is 1. The lowest BCUT2D eigenvalue weighted by Gasteiger charge is -2.03. The Morgan fingerprint density at radius 1 is 1.31 bits per heavy atom. The summed E-state index contributed by atoms with van der Waals surface area (Å²) in [5.74, 6) is -0.0132. The van der Waals surface area contributed by atoms with Crippen molar-refractivity contribution in [3.05, 3.63) is 42.1 Å². The van der Waals surface area contributed by atoms with Gasteiger partial charge in [-0.2, -0.15) is 0 Å². The van der Waals surface area contributed by atoms with Crippen LogP contribution in [-0.2, 0) is 0 Å². The first-order valence-corrected chi connectivity index (χ1v) is 5.48. The van der Waals surface area contributed by atoms with E-state index in [1.165, 1.54) is 0 Å². The van der Waals surface area contributed by atoms with Crippen molar-refractivity contribution in [1.29, 1.82) is 0 Å². The molecule has 3 nitrogen and oxygen atoms in total. The Morgan fingerprint density at radius 2 is 2.12 bits per heavy atom. The predicted molar refractivity (Wildman–Crippen MR) is 62.2 cm³/mol. The fourth-order valence-corrected chi connectivity index (χ4v) is 1.69. The fraction of sp³-hybridized carbons (Fsp3) is 0.231. The number of para-hydroxylation sites is 1. The van der Waals surface area contributed by atoms with Crippen LogP contribution in [0.15, 0.2) is 36.5 Å². The first-order chi connectivity index (χ1) is 7.83. The smallest absolute Gasteiger partial charge is 0.253 e. The topological polar surface area (TPSA) is 42.0 Å². The SMILES string of the molecule is O=C(NC1CC1)c1cnc2ccccc2c1. The summed E-state index contributed by atoms with van der Waals surface area (Å²) >= 11 is 0. The second-order valence-electron chi connectivity index (χ2n) is 4.16. The molecule has 1 heterocycles. The number of rotatable bonds is 2. The molecule has 1 saturated carbocycles. The van der Waals surface area contributed by atoms with Gasteiger partial charge in [0.2, 0.25) is 0 Å².